The summed E-state index contributed by atoms with van der Waals surface area (Å²) in [6.45, 7) is 3.62. The van der Waals surface area contributed by atoms with Crippen molar-refractivity contribution in [2.45, 2.75) is 39.5 Å². The molecule has 1 aliphatic rings. The number of carbonyl (C=O) groups is 3. The molecular formula is C18H25N3O3. The highest BCUT2D eigenvalue weighted by Crippen LogP contribution is 2.24. The molecule has 6 nitrogen and oxygen atoms in total. The van der Waals surface area contributed by atoms with Crippen LogP contribution in [0, 0.1) is 11.8 Å². The quantitative estimate of drug-likeness (QED) is 0.748. The van der Waals surface area contributed by atoms with E-state index in [-0.39, 0.29) is 36.1 Å². The van der Waals surface area contributed by atoms with Crippen LogP contribution < -0.4 is 16.0 Å². The normalized spacial score (nSPS) is 14.5. The summed E-state index contributed by atoms with van der Waals surface area (Å²) in [5.74, 6) is -0.384. The van der Waals surface area contributed by atoms with Crippen LogP contribution in [0.2, 0.25) is 0 Å². The molecule has 130 valence electrons. The number of benzene rings is 1. The zero-order valence-corrected chi connectivity index (χ0v) is 14.2. The van der Waals surface area contributed by atoms with Crippen LogP contribution in [0.1, 0.15) is 39.5 Å². The van der Waals surface area contributed by atoms with Crippen molar-refractivity contribution in [2.24, 2.45) is 11.8 Å². The van der Waals surface area contributed by atoms with E-state index in [0.717, 1.165) is 25.7 Å². The number of carbonyl (C=O) groups excluding carboxylic acids is 3. The molecule has 1 saturated carbocycles. The Kier molecular flexibility index (Phi) is 6.35. The van der Waals surface area contributed by atoms with Gasteiger partial charge in [0.2, 0.25) is 17.7 Å². The molecule has 0 aromatic heterocycles. The van der Waals surface area contributed by atoms with Crippen molar-refractivity contribution in [1.82, 2.24) is 5.32 Å². The Bertz CT molecular complexity index is 590. The summed E-state index contributed by atoms with van der Waals surface area (Å²) in [6.07, 6.45) is 4.00. The molecule has 0 unspecified atom stereocenters. The summed E-state index contributed by atoms with van der Waals surface area (Å²) in [5, 5.41) is 8.20. The van der Waals surface area contributed by atoms with Crippen LogP contribution in [0.5, 0.6) is 0 Å². The first-order chi connectivity index (χ1) is 11.5. The lowest BCUT2D eigenvalue weighted by Crippen LogP contribution is -2.36. The van der Waals surface area contributed by atoms with E-state index in [0.29, 0.717) is 11.4 Å². The molecule has 1 aliphatic carbocycles. The molecule has 0 radical (unpaired) electrons. The molecule has 3 amide bonds. The molecule has 1 aromatic rings. The van der Waals surface area contributed by atoms with E-state index in [1.165, 1.54) is 0 Å². The van der Waals surface area contributed by atoms with Gasteiger partial charge in [-0.2, -0.15) is 0 Å². The van der Waals surface area contributed by atoms with Gasteiger partial charge >= 0.3 is 0 Å². The number of anilines is 2. The highest BCUT2D eigenvalue weighted by molar-refractivity contribution is 5.95. The Labute approximate surface area is 142 Å². The summed E-state index contributed by atoms with van der Waals surface area (Å²) >= 11 is 0. The molecule has 1 fully saturated rings. The van der Waals surface area contributed by atoms with Gasteiger partial charge in [0.25, 0.3) is 0 Å². The first kappa shape index (κ1) is 18.0. The largest absolute Gasteiger partial charge is 0.347 e. The zero-order valence-electron chi connectivity index (χ0n) is 14.2. The average Bonchev–Trinajstić information content (AvgIpc) is 3.09. The first-order valence-corrected chi connectivity index (χ1v) is 8.44. The van der Waals surface area contributed by atoms with Crippen molar-refractivity contribution in [2.75, 3.05) is 17.2 Å². The van der Waals surface area contributed by atoms with Gasteiger partial charge in [-0.05, 0) is 37.1 Å². The van der Waals surface area contributed by atoms with E-state index in [1.807, 2.05) is 13.8 Å². The summed E-state index contributed by atoms with van der Waals surface area (Å²) < 4.78 is 0. The summed E-state index contributed by atoms with van der Waals surface area (Å²) in [6, 6.07) is 6.89. The fraction of sp³-hybridized carbons (Fsp3) is 0.500. The van der Waals surface area contributed by atoms with Gasteiger partial charge in [-0.1, -0.05) is 26.7 Å². The van der Waals surface area contributed by atoms with Crippen molar-refractivity contribution >= 4 is 29.1 Å². The number of nitrogens with one attached hydrogen (secondary N) is 3. The molecule has 0 aliphatic heterocycles. The van der Waals surface area contributed by atoms with Crippen LogP contribution >= 0.6 is 0 Å². The molecule has 0 heterocycles. The molecular weight excluding hydrogens is 306 g/mol. The minimum absolute atomic E-state index is 0.0266. The highest BCUT2D eigenvalue weighted by atomic mass is 16.2. The van der Waals surface area contributed by atoms with Crippen molar-refractivity contribution in [1.29, 1.82) is 0 Å². The maximum Gasteiger partial charge on any atom is 0.243 e. The van der Waals surface area contributed by atoms with Gasteiger partial charge in [0.1, 0.15) is 0 Å². The SMILES string of the molecule is CC(C)C(=O)Nc1ccc(NC(=O)CNC(=O)C2CCCC2)cc1. The van der Waals surface area contributed by atoms with Gasteiger partial charge < -0.3 is 16.0 Å². The van der Waals surface area contributed by atoms with Crippen molar-refractivity contribution in [3.63, 3.8) is 0 Å². The highest BCUT2D eigenvalue weighted by Gasteiger charge is 2.22. The summed E-state index contributed by atoms with van der Waals surface area (Å²) in [4.78, 5) is 35.4. The lowest BCUT2D eigenvalue weighted by Gasteiger charge is -2.11. The fourth-order valence-corrected chi connectivity index (χ4v) is 2.63. The average molecular weight is 331 g/mol. The number of hydrogen-bond acceptors (Lipinski definition) is 3. The van der Waals surface area contributed by atoms with Gasteiger partial charge in [-0.3, -0.25) is 14.4 Å². The molecule has 0 saturated heterocycles. The lowest BCUT2D eigenvalue weighted by molar-refractivity contribution is -0.127. The van der Waals surface area contributed by atoms with E-state index < -0.39 is 0 Å². The van der Waals surface area contributed by atoms with Gasteiger partial charge in [-0.25, -0.2) is 0 Å². The van der Waals surface area contributed by atoms with Crippen LogP contribution in [0.4, 0.5) is 11.4 Å². The maximum absolute atomic E-state index is 11.9. The minimum Gasteiger partial charge on any atom is -0.347 e. The Morgan fingerprint density at radius 2 is 1.54 bits per heavy atom. The second-order valence-electron chi connectivity index (χ2n) is 6.47. The molecule has 2 rings (SSSR count). The van der Waals surface area contributed by atoms with E-state index in [2.05, 4.69) is 16.0 Å². The lowest BCUT2D eigenvalue weighted by atomic mass is 10.1. The standard InChI is InChI=1S/C18H25N3O3/c1-12(2)17(23)21-15-9-7-14(8-10-15)20-16(22)11-19-18(24)13-5-3-4-6-13/h7-10,12-13H,3-6,11H2,1-2H3,(H,19,24)(H,20,22)(H,21,23). The molecule has 3 N–H and O–H groups in total. The first-order valence-electron chi connectivity index (χ1n) is 8.44. The Morgan fingerprint density at radius 3 is 2.08 bits per heavy atom. The van der Waals surface area contributed by atoms with Crippen LogP contribution in [0.3, 0.4) is 0 Å². The molecule has 0 spiro atoms. The number of hydrogen-bond donors (Lipinski definition) is 3. The summed E-state index contributed by atoms with van der Waals surface area (Å²) in [7, 11) is 0. The predicted octanol–water partition coefficient (Wildman–Crippen LogP) is 2.53. The number of rotatable bonds is 6. The number of amides is 3. The van der Waals surface area contributed by atoms with Gasteiger partial charge in [0.15, 0.2) is 0 Å². The Hall–Kier alpha value is -2.37. The van der Waals surface area contributed by atoms with Crippen LogP contribution in [-0.4, -0.2) is 24.3 Å². The molecule has 24 heavy (non-hydrogen) atoms. The third-order valence-corrected chi connectivity index (χ3v) is 4.11. The van der Waals surface area contributed by atoms with Crippen LogP contribution in [0.25, 0.3) is 0 Å². The maximum atomic E-state index is 11.9. The van der Waals surface area contributed by atoms with Gasteiger partial charge in [0, 0.05) is 23.2 Å². The molecule has 0 atom stereocenters. The Morgan fingerprint density at radius 1 is 1.00 bits per heavy atom. The third-order valence-electron chi connectivity index (χ3n) is 4.11. The van der Waals surface area contributed by atoms with Crippen molar-refractivity contribution in [3.8, 4) is 0 Å². The van der Waals surface area contributed by atoms with Crippen LogP contribution in [-0.2, 0) is 14.4 Å². The summed E-state index contributed by atoms with van der Waals surface area (Å²) in [5.41, 5.74) is 1.30. The zero-order chi connectivity index (χ0) is 17.5. The van der Waals surface area contributed by atoms with Crippen LogP contribution in [0.15, 0.2) is 24.3 Å². The van der Waals surface area contributed by atoms with E-state index in [9.17, 15) is 14.4 Å². The van der Waals surface area contributed by atoms with E-state index >= 15 is 0 Å². The monoisotopic (exact) mass is 331 g/mol. The van der Waals surface area contributed by atoms with Crippen molar-refractivity contribution in [3.05, 3.63) is 24.3 Å². The molecule has 6 heteroatoms. The van der Waals surface area contributed by atoms with Gasteiger partial charge in [-0.15, -0.1) is 0 Å². The van der Waals surface area contributed by atoms with E-state index in [4.69, 9.17) is 0 Å². The van der Waals surface area contributed by atoms with Crippen molar-refractivity contribution < 1.29 is 14.4 Å². The second-order valence-corrected chi connectivity index (χ2v) is 6.47. The molecule has 1 aromatic carbocycles. The van der Waals surface area contributed by atoms with Gasteiger partial charge in [0.05, 0.1) is 6.54 Å². The third kappa shape index (κ3) is 5.37. The topological polar surface area (TPSA) is 87.3 Å². The Balaban J connectivity index is 1.77. The predicted molar refractivity (Wildman–Crippen MR) is 93.5 cm³/mol. The second kappa shape index (κ2) is 8.47. The smallest absolute Gasteiger partial charge is 0.243 e. The molecule has 0 bridgehead atoms. The minimum atomic E-state index is -0.264. The fourth-order valence-electron chi connectivity index (χ4n) is 2.63. The van der Waals surface area contributed by atoms with E-state index in [1.54, 1.807) is 24.3 Å².